The molecule has 0 radical (unpaired) electrons. The fraction of sp³-hybridized carbons (Fsp3) is 0.300. The summed E-state index contributed by atoms with van der Waals surface area (Å²) in [7, 11) is -3.90. The summed E-state index contributed by atoms with van der Waals surface area (Å²) in [5.41, 5.74) is 0.0365. The van der Waals surface area contributed by atoms with Crippen molar-refractivity contribution in [3.05, 3.63) is 59.9 Å². The quantitative estimate of drug-likeness (QED) is 0.611. The van der Waals surface area contributed by atoms with Crippen molar-refractivity contribution in [3.63, 3.8) is 0 Å². The van der Waals surface area contributed by atoms with E-state index in [1.54, 1.807) is 20.8 Å². The van der Waals surface area contributed by atoms with Gasteiger partial charge >= 0.3 is 12.1 Å². The number of carbonyl (C=O) groups excluding carboxylic acids is 1. The molecule has 0 aliphatic rings. The Balaban J connectivity index is 2.05. The summed E-state index contributed by atoms with van der Waals surface area (Å²) in [6.07, 6.45) is -0.877. The first-order valence-electron chi connectivity index (χ1n) is 8.95. The lowest BCUT2D eigenvalue weighted by atomic mass is 10.1. The first kappa shape index (κ1) is 23.1. The Hall–Kier alpha value is -3.14. The largest absolute Gasteiger partial charge is 0.480 e. The minimum Gasteiger partial charge on any atom is -0.480 e. The number of alkyl carbamates (subject to hydrolysis) is 1. The number of carboxylic acids is 1. The van der Waals surface area contributed by atoms with Gasteiger partial charge in [-0.3, -0.25) is 4.72 Å². The number of anilines is 1. The maximum atomic E-state index is 13.0. The van der Waals surface area contributed by atoms with Crippen molar-refractivity contribution in [3.8, 4) is 0 Å². The summed E-state index contributed by atoms with van der Waals surface area (Å²) in [5, 5.41) is 11.6. The fourth-order valence-electron chi connectivity index (χ4n) is 2.42. The second kappa shape index (κ2) is 9.12. The van der Waals surface area contributed by atoms with Gasteiger partial charge in [-0.05, 0) is 62.7 Å². The van der Waals surface area contributed by atoms with Crippen LogP contribution in [0.4, 0.5) is 14.9 Å². The summed E-state index contributed by atoms with van der Waals surface area (Å²) >= 11 is 0. The van der Waals surface area contributed by atoms with Crippen LogP contribution in [0, 0.1) is 5.82 Å². The van der Waals surface area contributed by atoms with E-state index in [9.17, 15) is 27.5 Å². The fourth-order valence-corrected chi connectivity index (χ4v) is 3.48. The molecule has 2 rings (SSSR count). The van der Waals surface area contributed by atoms with E-state index in [-0.39, 0.29) is 17.0 Å². The lowest BCUT2D eigenvalue weighted by Gasteiger charge is -2.22. The molecule has 0 heterocycles. The lowest BCUT2D eigenvalue weighted by Crippen LogP contribution is -2.44. The van der Waals surface area contributed by atoms with Gasteiger partial charge in [0.2, 0.25) is 0 Å². The Morgan fingerprint density at radius 2 is 1.63 bits per heavy atom. The Labute approximate surface area is 174 Å². The van der Waals surface area contributed by atoms with Gasteiger partial charge < -0.3 is 15.2 Å². The molecule has 0 saturated heterocycles. The van der Waals surface area contributed by atoms with Crippen LogP contribution in [0.5, 0.6) is 0 Å². The summed E-state index contributed by atoms with van der Waals surface area (Å²) in [6.45, 7) is 4.98. The zero-order valence-corrected chi connectivity index (χ0v) is 17.5. The number of amides is 1. The number of benzene rings is 2. The van der Waals surface area contributed by atoms with E-state index in [0.717, 1.165) is 24.3 Å². The van der Waals surface area contributed by atoms with Crippen LogP contribution in [0.3, 0.4) is 0 Å². The van der Waals surface area contributed by atoms with Gasteiger partial charge in [0.1, 0.15) is 17.5 Å². The number of sulfonamides is 1. The summed E-state index contributed by atoms with van der Waals surface area (Å²) in [4.78, 5) is 23.2. The first-order chi connectivity index (χ1) is 13.9. The second-order valence-electron chi connectivity index (χ2n) is 7.50. The summed E-state index contributed by atoms with van der Waals surface area (Å²) in [6, 6.07) is 9.15. The van der Waals surface area contributed by atoms with Gasteiger partial charge in [0.25, 0.3) is 10.0 Å². The van der Waals surface area contributed by atoms with Crippen LogP contribution in [0.25, 0.3) is 0 Å². The molecule has 0 bridgehead atoms. The average Bonchev–Trinajstić information content (AvgIpc) is 2.61. The number of aliphatic carboxylic acids is 1. The van der Waals surface area contributed by atoms with Crippen molar-refractivity contribution >= 4 is 27.8 Å². The molecule has 162 valence electrons. The van der Waals surface area contributed by atoms with Crippen molar-refractivity contribution in [2.24, 2.45) is 0 Å². The molecule has 0 fully saturated rings. The molecular weight excluding hydrogens is 415 g/mol. The molecule has 0 aliphatic carbocycles. The third-order valence-electron chi connectivity index (χ3n) is 3.76. The molecule has 30 heavy (non-hydrogen) atoms. The van der Waals surface area contributed by atoms with Crippen molar-refractivity contribution in [2.75, 3.05) is 4.72 Å². The van der Waals surface area contributed by atoms with Crippen molar-refractivity contribution < 1.29 is 32.2 Å². The molecule has 0 aliphatic heterocycles. The number of ether oxygens (including phenoxy) is 1. The number of nitrogens with one attached hydrogen (secondary N) is 2. The van der Waals surface area contributed by atoms with Crippen molar-refractivity contribution in [1.82, 2.24) is 5.32 Å². The monoisotopic (exact) mass is 438 g/mol. The SMILES string of the molecule is CC(C)(C)OC(=O)N[C@@H](Cc1ccc(NS(=O)(=O)c2ccc(F)cc2)cc1)C(=O)O. The zero-order chi connectivity index (χ0) is 22.5. The number of rotatable bonds is 7. The van der Waals surface area contributed by atoms with Gasteiger partial charge in [0.15, 0.2) is 0 Å². The highest BCUT2D eigenvalue weighted by Crippen LogP contribution is 2.18. The molecule has 8 nitrogen and oxygen atoms in total. The van der Waals surface area contributed by atoms with E-state index in [4.69, 9.17) is 4.74 Å². The van der Waals surface area contributed by atoms with Crippen molar-refractivity contribution in [1.29, 1.82) is 0 Å². The van der Waals surface area contributed by atoms with Gasteiger partial charge in [-0.15, -0.1) is 0 Å². The number of hydrogen-bond acceptors (Lipinski definition) is 5. The predicted molar refractivity (Wildman–Crippen MR) is 108 cm³/mol. The number of hydrogen-bond donors (Lipinski definition) is 3. The molecule has 10 heteroatoms. The molecule has 0 aromatic heterocycles. The molecule has 1 amide bonds. The van der Waals surface area contributed by atoms with Crippen LogP contribution >= 0.6 is 0 Å². The van der Waals surface area contributed by atoms with Crippen LogP contribution in [0.15, 0.2) is 53.4 Å². The highest BCUT2D eigenvalue weighted by molar-refractivity contribution is 7.92. The molecular formula is C20H23FN2O6S. The topological polar surface area (TPSA) is 122 Å². The van der Waals surface area contributed by atoms with E-state index in [0.29, 0.717) is 5.56 Å². The highest BCUT2D eigenvalue weighted by atomic mass is 32.2. The van der Waals surface area contributed by atoms with Crippen LogP contribution in [0.1, 0.15) is 26.3 Å². The first-order valence-corrected chi connectivity index (χ1v) is 10.4. The zero-order valence-electron chi connectivity index (χ0n) is 16.7. The Morgan fingerprint density at radius 1 is 1.07 bits per heavy atom. The van der Waals surface area contributed by atoms with Crippen molar-refractivity contribution in [2.45, 2.75) is 43.7 Å². The standard InChI is InChI=1S/C20H23FN2O6S/c1-20(2,3)29-19(26)22-17(18(24)25)12-13-4-8-15(9-5-13)23-30(27,28)16-10-6-14(21)7-11-16/h4-11,17,23H,12H2,1-3H3,(H,22,26)(H,24,25)/t17-/m0/s1. The van der Waals surface area contributed by atoms with Crippen LogP contribution in [0.2, 0.25) is 0 Å². The number of carboxylic acid groups (broad SMARTS) is 1. The van der Waals surface area contributed by atoms with E-state index in [2.05, 4.69) is 10.0 Å². The van der Waals surface area contributed by atoms with Gasteiger partial charge in [0, 0.05) is 12.1 Å². The van der Waals surface area contributed by atoms with Gasteiger partial charge in [-0.25, -0.2) is 22.4 Å². The highest BCUT2D eigenvalue weighted by Gasteiger charge is 2.24. The van der Waals surface area contributed by atoms with E-state index in [1.807, 2.05) is 0 Å². The van der Waals surface area contributed by atoms with E-state index >= 15 is 0 Å². The normalized spacial score (nSPS) is 12.7. The minimum absolute atomic E-state index is 0.0282. The van der Waals surface area contributed by atoms with Crippen LogP contribution in [-0.4, -0.2) is 37.2 Å². The van der Waals surface area contributed by atoms with Gasteiger partial charge in [-0.1, -0.05) is 12.1 Å². The number of halogens is 1. The number of carbonyl (C=O) groups is 2. The lowest BCUT2D eigenvalue weighted by molar-refractivity contribution is -0.139. The molecule has 0 saturated carbocycles. The molecule has 0 spiro atoms. The van der Waals surface area contributed by atoms with Gasteiger partial charge in [0.05, 0.1) is 4.90 Å². The second-order valence-corrected chi connectivity index (χ2v) is 9.18. The minimum atomic E-state index is -3.90. The predicted octanol–water partition coefficient (Wildman–Crippen LogP) is 3.15. The molecule has 2 aromatic rings. The van der Waals surface area contributed by atoms with Gasteiger partial charge in [-0.2, -0.15) is 0 Å². The summed E-state index contributed by atoms with van der Waals surface area (Å²) < 4.78 is 45.1. The molecule has 3 N–H and O–H groups in total. The third-order valence-corrected chi connectivity index (χ3v) is 5.16. The van der Waals surface area contributed by atoms with Crippen LogP contribution < -0.4 is 10.0 Å². The van der Waals surface area contributed by atoms with E-state index < -0.39 is 39.5 Å². The smallest absolute Gasteiger partial charge is 0.408 e. The Bertz CT molecular complexity index is 999. The molecule has 0 unspecified atom stereocenters. The average molecular weight is 438 g/mol. The Kier molecular flexibility index (Phi) is 7.04. The maximum absolute atomic E-state index is 13.0. The summed E-state index contributed by atoms with van der Waals surface area (Å²) in [5.74, 6) is -1.78. The molecule has 1 atom stereocenters. The Morgan fingerprint density at radius 3 is 2.13 bits per heavy atom. The van der Waals surface area contributed by atoms with Crippen LogP contribution in [-0.2, 0) is 26.0 Å². The van der Waals surface area contributed by atoms with E-state index in [1.165, 1.54) is 24.3 Å². The maximum Gasteiger partial charge on any atom is 0.408 e. The third kappa shape index (κ3) is 7.03. The molecule has 2 aromatic carbocycles.